The Morgan fingerprint density at radius 1 is 0.974 bits per heavy atom. The first-order chi connectivity index (χ1) is 18.7. The summed E-state index contributed by atoms with van der Waals surface area (Å²) < 4.78 is 12.5. The first-order valence-electron chi connectivity index (χ1n) is 15.2. The summed E-state index contributed by atoms with van der Waals surface area (Å²) in [5.41, 5.74) is 2.40. The zero-order valence-corrected chi connectivity index (χ0v) is 22.6. The molecule has 2 saturated carbocycles. The Balaban J connectivity index is 1.19. The highest BCUT2D eigenvalue weighted by Crippen LogP contribution is 2.51. The monoisotopic (exact) mass is 514 g/mol. The van der Waals surface area contributed by atoms with Crippen LogP contribution in [0.4, 0.5) is 0 Å². The van der Waals surface area contributed by atoms with Gasteiger partial charge in [0.05, 0.1) is 18.6 Å². The predicted octanol–water partition coefficient (Wildman–Crippen LogP) is 5.82. The number of piperidine rings is 1. The normalized spacial score (nSPS) is 31.6. The molecule has 0 radical (unpaired) electrons. The smallest absolute Gasteiger partial charge is 0.228 e. The van der Waals surface area contributed by atoms with E-state index in [2.05, 4.69) is 52.7 Å². The lowest BCUT2D eigenvalue weighted by Crippen LogP contribution is -2.55. The second kappa shape index (κ2) is 10.2. The van der Waals surface area contributed by atoms with Crippen LogP contribution in [0.25, 0.3) is 0 Å². The van der Waals surface area contributed by atoms with Crippen molar-refractivity contribution in [1.82, 2.24) is 10.2 Å². The molecular weight excluding hydrogens is 472 g/mol. The zero-order chi connectivity index (χ0) is 25.5. The van der Waals surface area contributed by atoms with Gasteiger partial charge in [-0.1, -0.05) is 61.7 Å². The van der Waals surface area contributed by atoms with Gasteiger partial charge in [0.1, 0.15) is 0 Å². The fourth-order valence-corrected chi connectivity index (χ4v) is 8.08. The average Bonchev–Trinajstić information content (AvgIpc) is 3.71. The Morgan fingerprint density at radius 2 is 1.82 bits per heavy atom. The molecule has 38 heavy (non-hydrogen) atoms. The Bertz CT molecular complexity index is 1140. The van der Waals surface area contributed by atoms with Gasteiger partial charge in [0.15, 0.2) is 11.5 Å². The van der Waals surface area contributed by atoms with Crippen LogP contribution in [0.3, 0.4) is 0 Å². The molecule has 0 bridgehead atoms. The van der Waals surface area contributed by atoms with Crippen molar-refractivity contribution in [2.24, 2.45) is 11.8 Å². The maximum absolute atomic E-state index is 14.7. The van der Waals surface area contributed by atoms with Gasteiger partial charge in [0, 0.05) is 36.7 Å². The number of likely N-dealkylation sites (tertiary alicyclic amines) is 1. The van der Waals surface area contributed by atoms with Gasteiger partial charge in [0.25, 0.3) is 0 Å². The van der Waals surface area contributed by atoms with Gasteiger partial charge >= 0.3 is 0 Å². The van der Waals surface area contributed by atoms with Crippen molar-refractivity contribution in [2.45, 2.75) is 87.7 Å². The van der Waals surface area contributed by atoms with E-state index in [1.807, 2.05) is 6.07 Å². The van der Waals surface area contributed by atoms with Crippen LogP contribution < -0.4 is 14.8 Å². The molecule has 2 aliphatic carbocycles. The molecule has 2 aromatic carbocycles. The molecule has 2 saturated heterocycles. The molecule has 2 aromatic rings. The molecule has 1 N–H and O–H groups in total. The standard InChI is InChI=1S/C33H42N2O3/c36-32(35-18-16-25(23-8-3-1-4-9-23)20-29(35)24-10-5-2-6-11-24)28-21-34-22-33(28)17-19-37-31-27(33)12-7-13-30(31)38-26-14-15-26/h1,3-4,7-9,12-13,24-26,28-29,34H,2,5-6,10-11,14-22H2/t25-,28+,29+,33+/m1/s1. The molecule has 3 heterocycles. The molecule has 5 aliphatic rings. The summed E-state index contributed by atoms with van der Waals surface area (Å²) in [6.45, 7) is 3.11. The van der Waals surface area contributed by atoms with Gasteiger partial charge in [-0.05, 0) is 68.4 Å². The Kier molecular flexibility index (Phi) is 6.59. The summed E-state index contributed by atoms with van der Waals surface area (Å²) in [5, 5.41) is 3.65. The maximum Gasteiger partial charge on any atom is 0.228 e. The molecule has 5 nitrogen and oxygen atoms in total. The fraction of sp³-hybridized carbons (Fsp3) is 0.606. The number of hydrogen-bond donors (Lipinski definition) is 1. The lowest BCUT2D eigenvalue weighted by molar-refractivity contribution is -0.143. The van der Waals surface area contributed by atoms with E-state index in [0.29, 0.717) is 36.5 Å². The molecule has 7 rings (SSSR count). The van der Waals surface area contributed by atoms with Gasteiger partial charge in [-0.2, -0.15) is 0 Å². The third kappa shape index (κ3) is 4.41. The van der Waals surface area contributed by atoms with Crippen molar-refractivity contribution in [3.05, 3.63) is 59.7 Å². The van der Waals surface area contributed by atoms with Crippen LogP contribution in [-0.2, 0) is 10.2 Å². The SMILES string of the molecule is O=C([C@@H]1CNC[C@]12CCOc1c(OC3CC3)cccc12)N1CC[C@@H](c2ccccc2)C[C@H]1C1CCCCC1. The number of hydrogen-bond acceptors (Lipinski definition) is 4. The first-order valence-corrected chi connectivity index (χ1v) is 15.2. The number of benzene rings is 2. The van der Waals surface area contributed by atoms with E-state index in [4.69, 9.17) is 9.47 Å². The minimum atomic E-state index is -0.221. The minimum Gasteiger partial charge on any atom is -0.489 e. The number of nitrogens with zero attached hydrogens (tertiary/aromatic N) is 1. The van der Waals surface area contributed by atoms with E-state index in [-0.39, 0.29) is 11.3 Å². The summed E-state index contributed by atoms with van der Waals surface area (Å²) >= 11 is 0. The summed E-state index contributed by atoms with van der Waals surface area (Å²) in [6, 6.07) is 17.7. The summed E-state index contributed by atoms with van der Waals surface area (Å²) in [7, 11) is 0. The van der Waals surface area contributed by atoms with E-state index in [9.17, 15) is 4.79 Å². The van der Waals surface area contributed by atoms with Crippen LogP contribution in [0.1, 0.15) is 81.3 Å². The number of fused-ring (bicyclic) bond motifs is 2. The third-order valence-electron chi connectivity index (χ3n) is 10.3. The highest BCUT2D eigenvalue weighted by molar-refractivity contribution is 5.82. The highest BCUT2D eigenvalue weighted by Gasteiger charge is 2.53. The van der Waals surface area contributed by atoms with Crippen molar-refractivity contribution >= 4 is 5.91 Å². The molecule has 0 unspecified atom stereocenters. The molecule has 3 aliphatic heterocycles. The van der Waals surface area contributed by atoms with Crippen molar-refractivity contribution in [3.8, 4) is 11.5 Å². The summed E-state index contributed by atoms with van der Waals surface area (Å²) in [6.07, 6.45) is 12.1. The van der Waals surface area contributed by atoms with Gasteiger partial charge in [0.2, 0.25) is 5.91 Å². The van der Waals surface area contributed by atoms with Crippen molar-refractivity contribution in [1.29, 1.82) is 0 Å². The second-order valence-electron chi connectivity index (χ2n) is 12.5. The topological polar surface area (TPSA) is 50.8 Å². The summed E-state index contributed by atoms with van der Waals surface area (Å²) in [4.78, 5) is 17.0. The van der Waals surface area contributed by atoms with Crippen LogP contribution >= 0.6 is 0 Å². The fourth-order valence-electron chi connectivity index (χ4n) is 8.08. The Morgan fingerprint density at radius 3 is 2.63 bits per heavy atom. The lowest BCUT2D eigenvalue weighted by atomic mass is 9.67. The van der Waals surface area contributed by atoms with E-state index < -0.39 is 0 Å². The van der Waals surface area contributed by atoms with Gasteiger partial charge in [-0.25, -0.2) is 0 Å². The van der Waals surface area contributed by atoms with Gasteiger partial charge in [-0.3, -0.25) is 4.79 Å². The molecule has 0 aromatic heterocycles. The second-order valence-corrected chi connectivity index (χ2v) is 12.5. The largest absolute Gasteiger partial charge is 0.489 e. The Hall–Kier alpha value is -2.53. The van der Waals surface area contributed by atoms with E-state index >= 15 is 0 Å². The quantitative estimate of drug-likeness (QED) is 0.546. The van der Waals surface area contributed by atoms with Crippen molar-refractivity contribution in [2.75, 3.05) is 26.2 Å². The van der Waals surface area contributed by atoms with E-state index in [0.717, 1.165) is 63.2 Å². The molecule has 202 valence electrons. The van der Waals surface area contributed by atoms with Crippen LogP contribution in [-0.4, -0.2) is 49.2 Å². The predicted molar refractivity (Wildman–Crippen MR) is 149 cm³/mol. The van der Waals surface area contributed by atoms with Gasteiger partial charge < -0.3 is 19.7 Å². The van der Waals surface area contributed by atoms with Gasteiger partial charge in [-0.15, -0.1) is 0 Å². The van der Waals surface area contributed by atoms with Crippen molar-refractivity contribution in [3.63, 3.8) is 0 Å². The number of para-hydroxylation sites is 1. The minimum absolute atomic E-state index is 0.0549. The van der Waals surface area contributed by atoms with E-state index in [1.54, 1.807) is 0 Å². The zero-order valence-electron chi connectivity index (χ0n) is 22.6. The molecule has 4 fully saturated rings. The van der Waals surface area contributed by atoms with Crippen LogP contribution in [0, 0.1) is 11.8 Å². The van der Waals surface area contributed by atoms with E-state index in [1.165, 1.54) is 43.2 Å². The third-order valence-corrected chi connectivity index (χ3v) is 10.3. The molecule has 1 spiro atoms. The lowest BCUT2D eigenvalue weighted by Gasteiger charge is -2.48. The number of ether oxygens (including phenoxy) is 2. The number of rotatable bonds is 5. The van der Waals surface area contributed by atoms with Crippen LogP contribution in [0.5, 0.6) is 11.5 Å². The maximum atomic E-state index is 14.7. The van der Waals surface area contributed by atoms with Crippen molar-refractivity contribution < 1.29 is 14.3 Å². The molecule has 5 heteroatoms. The number of carbonyl (C=O) groups excluding carboxylic acids is 1. The molecular formula is C33H42N2O3. The molecule has 4 atom stereocenters. The first kappa shape index (κ1) is 24.5. The number of amides is 1. The number of nitrogens with one attached hydrogen (secondary N) is 1. The Labute approximate surface area is 227 Å². The van der Waals surface area contributed by atoms with Crippen LogP contribution in [0.2, 0.25) is 0 Å². The van der Waals surface area contributed by atoms with Crippen LogP contribution in [0.15, 0.2) is 48.5 Å². The summed E-state index contributed by atoms with van der Waals surface area (Å²) in [5.74, 6) is 3.25. The molecule has 1 amide bonds. The number of carbonyl (C=O) groups is 1. The average molecular weight is 515 g/mol. The highest BCUT2D eigenvalue weighted by atomic mass is 16.5.